The Morgan fingerprint density at radius 3 is 2.63 bits per heavy atom. The first kappa shape index (κ1) is 14.5. The van der Waals surface area contributed by atoms with Gasteiger partial charge in [0.25, 0.3) is 0 Å². The van der Waals surface area contributed by atoms with Crippen LogP contribution < -0.4 is 5.73 Å². The minimum Gasteiger partial charge on any atom is -0.390 e. The van der Waals surface area contributed by atoms with E-state index in [1.165, 1.54) is 18.4 Å². The minimum atomic E-state index is -0.845. The number of likely N-dealkylation sites (tertiary alicyclic amines) is 1. The maximum Gasteiger partial charge on any atom is 0.105 e. The van der Waals surface area contributed by atoms with Gasteiger partial charge in [0.15, 0.2) is 0 Å². The molecule has 1 aromatic carbocycles. The van der Waals surface area contributed by atoms with Crippen LogP contribution in [-0.2, 0) is 6.54 Å². The zero-order valence-corrected chi connectivity index (χ0v) is 11.3. The maximum atomic E-state index is 10.1. The molecule has 1 aliphatic rings. The van der Waals surface area contributed by atoms with Gasteiger partial charge in [-0.05, 0) is 50.0 Å². The summed E-state index contributed by atoms with van der Waals surface area (Å²) in [7, 11) is 0. The summed E-state index contributed by atoms with van der Waals surface area (Å²) in [6.45, 7) is 3.62. The number of aliphatic hydroxyl groups is 2. The molecular formula is C15H24N2O2. The topological polar surface area (TPSA) is 69.7 Å². The Morgan fingerprint density at radius 2 is 1.95 bits per heavy atom. The van der Waals surface area contributed by atoms with E-state index in [1.54, 1.807) is 0 Å². The first-order valence-corrected chi connectivity index (χ1v) is 7.08. The second-order valence-corrected chi connectivity index (χ2v) is 5.32. The van der Waals surface area contributed by atoms with Crippen LogP contribution in [-0.4, -0.2) is 40.9 Å². The van der Waals surface area contributed by atoms with Gasteiger partial charge in [0, 0.05) is 6.54 Å². The van der Waals surface area contributed by atoms with E-state index in [0.717, 1.165) is 25.2 Å². The average molecular weight is 264 g/mol. The van der Waals surface area contributed by atoms with Crippen LogP contribution in [0.3, 0.4) is 0 Å². The third-order valence-electron chi connectivity index (χ3n) is 3.72. The van der Waals surface area contributed by atoms with Crippen molar-refractivity contribution in [1.82, 2.24) is 4.90 Å². The van der Waals surface area contributed by atoms with Gasteiger partial charge >= 0.3 is 0 Å². The Kier molecular flexibility index (Phi) is 5.34. The van der Waals surface area contributed by atoms with Gasteiger partial charge in [-0.3, -0.25) is 4.90 Å². The summed E-state index contributed by atoms with van der Waals surface area (Å²) in [4.78, 5) is 2.42. The van der Waals surface area contributed by atoms with Crippen molar-refractivity contribution in [1.29, 1.82) is 0 Å². The summed E-state index contributed by atoms with van der Waals surface area (Å²) < 4.78 is 0. The van der Waals surface area contributed by atoms with Gasteiger partial charge in [0.05, 0.1) is 6.10 Å². The molecule has 2 atom stereocenters. The van der Waals surface area contributed by atoms with E-state index < -0.39 is 12.2 Å². The van der Waals surface area contributed by atoms with Crippen molar-refractivity contribution in [2.45, 2.75) is 38.0 Å². The van der Waals surface area contributed by atoms with Crippen molar-refractivity contribution in [3.05, 3.63) is 35.4 Å². The summed E-state index contributed by atoms with van der Waals surface area (Å²) in [5, 5.41) is 19.9. The highest BCUT2D eigenvalue weighted by Crippen LogP contribution is 2.21. The van der Waals surface area contributed by atoms with Crippen LogP contribution in [0.4, 0.5) is 0 Å². The molecule has 106 valence electrons. The van der Waals surface area contributed by atoms with E-state index >= 15 is 0 Å². The third-order valence-corrected chi connectivity index (χ3v) is 3.72. The minimum absolute atomic E-state index is 0.381. The van der Waals surface area contributed by atoms with E-state index in [1.807, 2.05) is 18.2 Å². The van der Waals surface area contributed by atoms with Crippen LogP contribution in [0.5, 0.6) is 0 Å². The van der Waals surface area contributed by atoms with Gasteiger partial charge in [-0.2, -0.15) is 0 Å². The van der Waals surface area contributed by atoms with E-state index in [0.29, 0.717) is 13.0 Å². The highest BCUT2D eigenvalue weighted by atomic mass is 16.3. The van der Waals surface area contributed by atoms with E-state index in [4.69, 9.17) is 5.73 Å². The summed E-state index contributed by atoms with van der Waals surface area (Å²) in [6, 6.07) is 7.86. The smallest absolute Gasteiger partial charge is 0.105 e. The van der Waals surface area contributed by atoms with Crippen molar-refractivity contribution < 1.29 is 10.2 Å². The molecule has 0 bridgehead atoms. The molecule has 4 N–H and O–H groups in total. The molecule has 1 aliphatic heterocycles. The number of rotatable bonds is 6. The summed E-state index contributed by atoms with van der Waals surface area (Å²) in [5.41, 5.74) is 7.37. The van der Waals surface area contributed by atoms with Crippen molar-refractivity contribution in [2.75, 3.05) is 19.6 Å². The maximum absolute atomic E-state index is 10.1. The second kappa shape index (κ2) is 7.01. The van der Waals surface area contributed by atoms with Gasteiger partial charge in [0.1, 0.15) is 6.10 Å². The molecule has 1 heterocycles. The SMILES string of the molecule is NCCC(O)C(O)c1cccc(CN2CCCC2)c1. The number of nitrogens with zero attached hydrogens (tertiary/aromatic N) is 1. The Bertz CT molecular complexity index is 391. The number of nitrogens with two attached hydrogens (primary N) is 1. The predicted octanol–water partition coefficient (Wildman–Crippen LogP) is 1.03. The molecule has 1 fully saturated rings. The van der Waals surface area contributed by atoms with Crippen LogP contribution in [0, 0.1) is 0 Å². The molecule has 1 saturated heterocycles. The van der Waals surface area contributed by atoms with Crippen molar-refractivity contribution in [3.8, 4) is 0 Å². The predicted molar refractivity (Wildman–Crippen MR) is 75.6 cm³/mol. The number of benzene rings is 1. The molecule has 4 nitrogen and oxygen atoms in total. The lowest BCUT2D eigenvalue weighted by atomic mass is 10.00. The zero-order chi connectivity index (χ0) is 13.7. The molecule has 0 amide bonds. The molecule has 0 aliphatic carbocycles. The van der Waals surface area contributed by atoms with Crippen LogP contribution in [0.2, 0.25) is 0 Å². The fourth-order valence-electron chi connectivity index (χ4n) is 2.63. The molecule has 0 radical (unpaired) electrons. The molecule has 2 unspecified atom stereocenters. The van der Waals surface area contributed by atoms with Gasteiger partial charge in [0.2, 0.25) is 0 Å². The fraction of sp³-hybridized carbons (Fsp3) is 0.600. The van der Waals surface area contributed by atoms with Crippen molar-refractivity contribution in [3.63, 3.8) is 0 Å². The molecule has 0 spiro atoms. The van der Waals surface area contributed by atoms with Crippen LogP contribution >= 0.6 is 0 Å². The second-order valence-electron chi connectivity index (χ2n) is 5.32. The molecule has 19 heavy (non-hydrogen) atoms. The highest BCUT2D eigenvalue weighted by molar-refractivity contribution is 5.26. The monoisotopic (exact) mass is 264 g/mol. The lowest BCUT2D eigenvalue weighted by Crippen LogP contribution is -2.22. The normalized spacial score (nSPS) is 19.5. The zero-order valence-electron chi connectivity index (χ0n) is 11.3. The number of aliphatic hydroxyl groups excluding tert-OH is 2. The van der Waals surface area contributed by atoms with Gasteiger partial charge in [-0.15, -0.1) is 0 Å². The Labute approximate surface area is 114 Å². The molecule has 0 saturated carbocycles. The van der Waals surface area contributed by atoms with Crippen molar-refractivity contribution >= 4 is 0 Å². The van der Waals surface area contributed by atoms with Crippen LogP contribution in [0.1, 0.15) is 36.5 Å². The van der Waals surface area contributed by atoms with Gasteiger partial charge in [-0.25, -0.2) is 0 Å². The van der Waals surface area contributed by atoms with Crippen LogP contribution in [0.25, 0.3) is 0 Å². The number of hydrogen-bond donors (Lipinski definition) is 3. The lowest BCUT2D eigenvalue weighted by Gasteiger charge is -2.19. The molecule has 1 aromatic rings. The Morgan fingerprint density at radius 1 is 1.21 bits per heavy atom. The summed E-state index contributed by atoms with van der Waals surface area (Å²) in [5.74, 6) is 0. The largest absolute Gasteiger partial charge is 0.390 e. The van der Waals surface area contributed by atoms with Gasteiger partial charge in [-0.1, -0.05) is 24.3 Å². The average Bonchev–Trinajstić information content (AvgIpc) is 2.91. The molecule has 4 heteroatoms. The quantitative estimate of drug-likeness (QED) is 0.717. The molecule has 0 aromatic heterocycles. The molecule has 2 rings (SSSR count). The van der Waals surface area contributed by atoms with E-state index in [-0.39, 0.29) is 0 Å². The Balaban J connectivity index is 2.01. The van der Waals surface area contributed by atoms with Gasteiger partial charge < -0.3 is 15.9 Å². The highest BCUT2D eigenvalue weighted by Gasteiger charge is 2.18. The third kappa shape index (κ3) is 4.01. The standard InChI is InChI=1S/C15H24N2O2/c16-7-6-14(18)15(19)13-5-3-4-12(10-13)11-17-8-1-2-9-17/h3-5,10,14-15,18-19H,1-2,6-9,11,16H2. The Hall–Kier alpha value is -0.940. The van der Waals surface area contributed by atoms with Crippen LogP contribution in [0.15, 0.2) is 24.3 Å². The fourth-order valence-corrected chi connectivity index (χ4v) is 2.63. The first-order chi connectivity index (χ1) is 9.20. The van der Waals surface area contributed by atoms with E-state index in [9.17, 15) is 10.2 Å². The van der Waals surface area contributed by atoms with E-state index in [2.05, 4.69) is 11.0 Å². The summed E-state index contributed by atoms with van der Waals surface area (Å²) >= 11 is 0. The first-order valence-electron chi connectivity index (χ1n) is 7.08. The number of hydrogen-bond acceptors (Lipinski definition) is 4. The summed E-state index contributed by atoms with van der Waals surface area (Å²) in [6.07, 6.45) is 1.33. The van der Waals surface area contributed by atoms with Crippen molar-refractivity contribution in [2.24, 2.45) is 5.73 Å². The lowest BCUT2D eigenvalue weighted by molar-refractivity contribution is 0.0149. The molecular weight excluding hydrogens is 240 g/mol.